The van der Waals surface area contributed by atoms with Crippen molar-refractivity contribution in [3.8, 4) is 5.75 Å². The predicted octanol–water partition coefficient (Wildman–Crippen LogP) is 3.62. The molecule has 4 nitrogen and oxygen atoms in total. The van der Waals surface area contributed by atoms with Crippen LogP contribution in [0, 0.1) is 5.41 Å². The van der Waals surface area contributed by atoms with Crippen molar-refractivity contribution in [1.29, 1.82) is 0 Å². The Hall–Kier alpha value is -2.14. The molecule has 0 bridgehead atoms. The smallest absolute Gasteiger partial charge is 0.266 e. The Bertz CT molecular complexity index is 914. The summed E-state index contributed by atoms with van der Waals surface area (Å²) in [7, 11) is 0. The molecule has 2 aromatic rings. The van der Waals surface area contributed by atoms with Crippen LogP contribution in [0.5, 0.6) is 5.75 Å². The predicted molar refractivity (Wildman–Crippen MR) is 113 cm³/mol. The van der Waals surface area contributed by atoms with Crippen LogP contribution in [0.3, 0.4) is 0 Å². The van der Waals surface area contributed by atoms with Gasteiger partial charge in [-0.1, -0.05) is 59.1 Å². The van der Waals surface area contributed by atoms with Gasteiger partial charge in [0.15, 0.2) is 5.78 Å². The summed E-state index contributed by atoms with van der Waals surface area (Å²) in [5.41, 5.74) is 0.288. The number of unbranched alkanes of at least 4 members (excludes halogenated alkanes) is 3. The molecule has 1 aromatic carbocycles. The number of ketones is 1. The normalized spacial score (nSPS) is 13.2. The molecule has 27 heavy (non-hydrogen) atoms. The van der Waals surface area contributed by atoms with Crippen LogP contribution in [0.25, 0.3) is 12.2 Å². The molecule has 0 aliphatic carbocycles. The summed E-state index contributed by atoms with van der Waals surface area (Å²) >= 11 is 1.29. The molecule has 0 atom stereocenters. The first kappa shape index (κ1) is 21.2. The average molecular weight is 388 g/mol. The molecule has 0 aliphatic heterocycles. The van der Waals surface area contributed by atoms with Crippen LogP contribution in [0.4, 0.5) is 0 Å². The van der Waals surface area contributed by atoms with E-state index in [2.05, 4.69) is 11.9 Å². The van der Waals surface area contributed by atoms with Crippen molar-refractivity contribution in [1.82, 2.24) is 4.98 Å². The molecule has 0 radical (unpaired) electrons. The zero-order chi connectivity index (χ0) is 19.9. The number of carbonyl (C=O) groups is 1. The van der Waals surface area contributed by atoms with E-state index in [1.807, 2.05) is 51.1 Å². The zero-order valence-electron chi connectivity index (χ0n) is 16.6. The van der Waals surface area contributed by atoms with Gasteiger partial charge in [-0.05, 0) is 30.2 Å². The van der Waals surface area contributed by atoms with Crippen LogP contribution in [0.2, 0.25) is 0 Å². The molecule has 1 N–H and O–H groups in total. The van der Waals surface area contributed by atoms with Crippen molar-refractivity contribution in [2.45, 2.75) is 53.4 Å². The first-order valence-corrected chi connectivity index (χ1v) is 10.3. The van der Waals surface area contributed by atoms with Gasteiger partial charge in [0.2, 0.25) is 0 Å². The van der Waals surface area contributed by atoms with E-state index in [4.69, 9.17) is 4.74 Å². The SMILES string of the molecule is CCCCCCOc1ccc(/C=c2\s/c(=C\C(=O)C(C)(C)C)[nH]c2=O)cc1. The Morgan fingerprint density at radius 3 is 2.48 bits per heavy atom. The van der Waals surface area contributed by atoms with Crippen molar-refractivity contribution in [2.75, 3.05) is 6.61 Å². The minimum atomic E-state index is -0.461. The Morgan fingerprint density at radius 1 is 1.15 bits per heavy atom. The molecule has 0 amide bonds. The van der Waals surface area contributed by atoms with Gasteiger partial charge in [0, 0.05) is 11.5 Å². The topological polar surface area (TPSA) is 59.2 Å². The minimum absolute atomic E-state index is 0.00742. The van der Waals surface area contributed by atoms with Crippen LogP contribution in [-0.4, -0.2) is 17.4 Å². The number of rotatable bonds is 8. The molecule has 2 rings (SSSR count). The van der Waals surface area contributed by atoms with E-state index in [0.29, 0.717) is 9.20 Å². The maximum absolute atomic E-state index is 12.1. The number of ether oxygens (including phenoxy) is 1. The zero-order valence-corrected chi connectivity index (χ0v) is 17.4. The number of H-pyrrole nitrogens is 1. The lowest BCUT2D eigenvalue weighted by molar-refractivity contribution is -0.119. The third-order valence-electron chi connectivity index (χ3n) is 4.13. The Balaban J connectivity index is 2.09. The van der Waals surface area contributed by atoms with Gasteiger partial charge in [0.1, 0.15) is 5.75 Å². The lowest BCUT2D eigenvalue weighted by Gasteiger charge is -2.12. The first-order chi connectivity index (χ1) is 12.8. The number of hydrogen-bond acceptors (Lipinski definition) is 4. The molecule has 1 heterocycles. The summed E-state index contributed by atoms with van der Waals surface area (Å²) in [6, 6.07) is 7.71. The van der Waals surface area contributed by atoms with E-state index in [9.17, 15) is 9.59 Å². The van der Waals surface area contributed by atoms with Gasteiger partial charge in [-0.15, -0.1) is 11.3 Å². The summed E-state index contributed by atoms with van der Waals surface area (Å²) in [6.07, 6.45) is 8.06. The maximum atomic E-state index is 12.1. The van der Waals surface area contributed by atoms with Crippen molar-refractivity contribution in [3.05, 3.63) is 49.4 Å². The molecule has 146 valence electrons. The van der Waals surface area contributed by atoms with Gasteiger partial charge in [-0.2, -0.15) is 0 Å². The van der Waals surface area contributed by atoms with Gasteiger partial charge >= 0.3 is 0 Å². The largest absolute Gasteiger partial charge is 0.494 e. The molecule has 0 unspecified atom stereocenters. The van der Waals surface area contributed by atoms with Crippen molar-refractivity contribution in [2.24, 2.45) is 5.41 Å². The number of hydrogen-bond donors (Lipinski definition) is 1. The summed E-state index contributed by atoms with van der Waals surface area (Å²) < 4.78 is 6.90. The second kappa shape index (κ2) is 9.70. The minimum Gasteiger partial charge on any atom is -0.494 e. The molecule has 0 spiro atoms. The second-order valence-corrected chi connectivity index (χ2v) is 8.75. The number of aromatic nitrogens is 1. The fraction of sp³-hybridized carbons (Fsp3) is 0.455. The van der Waals surface area contributed by atoms with Crippen molar-refractivity contribution >= 4 is 29.3 Å². The summed E-state index contributed by atoms with van der Waals surface area (Å²) in [5, 5.41) is 0. The van der Waals surface area contributed by atoms with E-state index < -0.39 is 5.41 Å². The Morgan fingerprint density at radius 2 is 1.85 bits per heavy atom. The maximum Gasteiger partial charge on any atom is 0.266 e. The average Bonchev–Trinajstić information content (AvgIpc) is 2.94. The molecule has 0 saturated heterocycles. The fourth-order valence-electron chi connectivity index (χ4n) is 2.39. The summed E-state index contributed by atoms with van der Waals surface area (Å²) in [5.74, 6) is 0.834. The number of Topliss-reactive ketones (excluding diaryl/α,β-unsaturated/α-hetero) is 1. The number of benzene rings is 1. The highest BCUT2D eigenvalue weighted by Crippen LogP contribution is 2.15. The van der Waals surface area contributed by atoms with Crippen LogP contribution in [-0.2, 0) is 4.79 Å². The highest BCUT2D eigenvalue weighted by molar-refractivity contribution is 7.07. The summed E-state index contributed by atoms with van der Waals surface area (Å²) in [6.45, 7) is 8.50. The molecular formula is C22H29NO3S. The third-order valence-corrected chi connectivity index (χ3v) is 5.09. The van der Waals surface area contributed by atoms with Gasteiger partial charge < -0.3 is 9.72 Å². The highest BCUT2D eigenvalue weighted by Gasteiger charge is 2.18. The number of thiazole rings is 1. The lowest BCUT2D eigenvalue weighted by Crippen LogP contribution is -2.22. The Labute approximate surface area is 164 Å². The first-order valence-electron chi connectivity index (χ1n) is 9.49. The van der Waals surface area contributed by atoms with E-state index in [1.54, 1.807) is 0 Å². The fourth-order valence-corrected chi connectivity index (χ4v) is 3.28. The van der Waals surface area contributed by atoms with E-state index in [0.717, 1.165) is 24.3 Å². The molecule has 1 aromatic heterocycles. The molecule has 0 fully saturated rings. The monoisotopic (exact) mass is 387 g/mol. The van der Waals surface area contributed by atoms with Crippen molar-refractivity contribution in [3.63, 3.8) is 0 Å². The molecular weight excluding hydrogens is 358 g/mol. The third kappa shape index (κ3) is 6.83. The van der Waals surface area contributed by atoms with Gasteiger partial charge in [-0.3, -0.25) is 9.59 Å². The van der Waals surface area contributed by atoms with Crippen LogP contribution >= 0.6 is 11.3 Å². The Kier molecular flexibility index (Phi) is 7.60. The highest BCUT2D eigenvalue weighted by atomic mass is 32.1. The molecule has 5 heteroatoms. The quantitative estimate of drug-likeness (QED) is 0.704. The number of carbonyl (C=O) groups excluding carboxylic acids is 1. The molecule has 0 aliphatic rings. The lowest BCUT2D eigenvalue weighted by atomic mass is 9.91. The summed E-state index contributed by atoms with van der Waals surface area (Å²) in [4.78, 5) is 27.0. The van der Waals surface area contributed by atoms with E-state index >= 15 is 0 Å². The molecule has 0 saturated carbocycles. The van der Waals surface area contributed by atoms with E-state index in [-0.39, 0.29) is 11.3 Å². The number of aromatic amines is 1. The van der Waals surface area contributed by atoms with Gasteiger partial charge in [0.25, 0.3) is 5.56 Å². The van der Waals surface area contributed by atoms with Crippen LogP contribution in [0.1, 0.15) is 58.9 Å². The van der Waals surface area contributed by atoms with Gasteiger partial charge in [-0.25, -0.2) is 0 Å². The van der Waals surface area contributed by atoms with Crippen LogP contribution < -0.4 is 19.5 Å². The standard InChI is InChI=1S/C22H29NO3S/c1-5-6-7-8-13-26-17-11-9-16(10-12-17)14-18-21(25)23-20(27-18)15-19(24)22(2,3)4/h9-12,14-15H,5-8,13H2,1-4H3,(H,23,25)/b18-14-,20-15-. The van der Waals surface area contributed by atoms with Crippen molar-refractivity contribution < 1.29 is 9.53 Å². The second-order valence-electron chi connectivity index (χ2n) is 7.67. The number of nitrogens with one attached hydrogen (secondary N) is 1. The van der Waals surface area contributed by atoms with E-state index in [1.165, 1.54) is 36.7 Å². The van der Waals surface area contributed by atoms with Crippen LogP contribution in [0.15, 0.2) is 29.1 Å². The van der Waals surface area contributed by atoms with Gasteiger partial charge in [0.05, 0.1) is 15.8 Å².